The van der Waals surface area contributed by atoms with Gasteiger partial charge in [-0.05, 0) is 30.3 Å². The number of benzene rings is 2. The van der Waals surface area contributed by atoms with Crippen LogP contribution in [0.2, 0.25) is 0 Å². The summed E-state index contributed by atoms with van der Waals surface area (Å²) in [5.41, 5.74) is 1.63. The van der Waals surface area contributed by atoms with Crippen molar-refractivity contribution < 1.29 is 14.4 Å². The Morgan fingerprint density at radius 1 is 0.720 bits per heavy atom. The third kappa shape index (κ3) is 3.05. The summed E-state index contributed by atoms with van der Waals surface area (Å²) in [5.74, 6) is 5.17. The molecule has 0 aromatic heterocycles. The number of rotatable bonds is 3. The lowest BCUT2D eigenvalue weighted by atomic mass is 9.88. The fourth-order valence-corrected chi connectivity index (χ4v) is 2.83. The van der Waals surface area contributed by atoms with Crippen LogP contribution in [0.4, 0.5) is 11.4 Å². The molecular formula is C21H13NO3. The van der Waals surface area contributed by atoms with Gasteiger partial charge < -0.3 is 4.90 Å². The van der Waals surface area contributed by atoms with Gasteiger partial charge in [-0.3, -0.25) is 0 Å². The van der Waals surface area contributed by atoms with Crippen molar-refractivity contribution in [1.82, 2.24) is 0 Å². The summed E-state index contributed by atoms with van der Waals surface area (Å²) in [6.45, 7) is 0. The molecule has 25 heavy (non-hydrogen) atoms. The quantitative estimate of drug-likeness (QED) is 0.813. The predicted octanol–water partition coefficient (Wildman–Crippen LogP) is 3.04. The molecule has 1 unspecified atom stereocenters. The number of para-hydroxylation sites is 2. The lowest BCUT2D eigenvalue weighted by Gasteiger charge is -2.34. The fraction of sp³-hybridized carbons (Fsp3) is 0.0476. The van der Waals surface area contributed by atoms with Gasteiger partial charge >= 0.3 is 0 Å². The van der Waals surface area contributed by atoms with Crippen molar-refractivity contribution in [2.75, 3.05) is 4.90 Å². The van der Waals surface area contributed by atoms with E-state index in [1.54, 1.807) is 18.0 Å². The molecule has 1 aliphatic rings. The van der Waals surface area contributed by atoms with Gasteiger partial charge in [0, 0.05) is 11.4 Å². The van der Waals surface area contributed by atoms with E-state index < -0.39 is 6.04 Å². The van der Waals surface area contributed by atoms with Crippen molar-refractivity contribution in [3.63, 3.8) is 0 Å². The van der Waals surface area contributed by atoms with Crippen molar-refractivity contribution in [1.29, 1.82) is 0 Å². The van der Waals surface area contributed by atoms with Gasteiger partial charge in [0.15, 0.2) is 0 Å². The first-order chi connectivity index (χ1) is 12.3. The van der Waals surface area contributed by atoms with Crippen LogP contribution in [0.1, 0.15) is 0 Å². The normalized spacial score (nSPS) is 16.0. The second kappa shape index (κ2) is 7.27. The highest BCUT2D eigenvalue weighted by molar-refractivity contribution is 5.89. The van der Waals surface area contributed by atoms with Gasteiger partial charge in [0.1, 0.15) is 17.8 Å². The molecule has 1 aliphatic carbocycles. The van der Waals surface area contributed by atoms with Crippen LogP contribution in [0.25, 0.3) is 0 Å². The number of hydrogen-bond donors (Lipinski definition) is 0. The Morgan fingerprint density at radius 3 is 1.72 bits per heavy atom. The Bertz CT molecular complexity index is 917. The van der Waals surface area contributed by atoms with Crippen molar-refractivity contribution in [2.24, 2.45) is 0 Å². The van der Waals surface area contributed by atoms with Gasteiger partial charge in [0.05, 0.1) is 22.8 Å². The average molecular weight is 327 g/mol. The maximum Gasteiger partial charge on any atom is 0.134 e. The van der Waals surface area contributed by atoms with E-state index in [2.05, 4.69) is 0 Å². The van der Waals surface area contributed by atoms with E-state index in [4.69, 9.17) is 0 Å². The van der Waals surface area contributed by atoms with Gasteiger partial charge in [0.25, 0.3) is 0 Å². The summed E-state index contributed by atoms with van der Waals surface area (Å²) in [7, 11) is 0. The van der Waals surface area contributed by atoms with Crippen LogP contribution in [-0.2, 0) is 14.4 Å². The molecule has 0 bridgehead atoms. The number of allylic oxidation sites excluding steroid dienone is 2. The Balaban J connectivity index is 2.22. The molecule has 0 saturated carbocycles. The predicted molar refractivity (Wildman–Crippen MR) is 95.6 cm³/mol. The average Bonchev–Trinajstić information content (AvgIpc) is 2.69. The van der Waals surface area contributed by atoms with E-state index >= 15 is 0 Å². The summed E-state index contributed by atoms with van der Waals surface area (Å²) in [5, 5.41) is 0. The summed E-state index contributed by atoms with van der Waals surface area (Å²) in [6.07, 6.45) is 3.17. The minimum atomic E-state index is -0.587. The lowest BCUT2D eigenvalue weighted by Crippen LogP contribution is -2.34. The van der Waals surface area contributed by atoms with Crippen LogP contribution in [0.15, 0.2) is 89.5 Å². The van der Waals surface area contributed by atoms with Crippen molar-refractivity contribution in [3.8, 4) is 0 Å². The number of carbonyl (C=O) groups excluding carboxylic acids is 3. The molecule has 4 heteroatoms. The molecule has 0 saturated heterocycles. The second-order valence-electron chi connectivity index (χ2n) is 5.35. The van der Waals surface area contributed by atoms with Gasteiger partial charge in [-0.25, -0.2) is 14.4 Å². The molecule has 0 radical (unpaired) electrons. The molecule has 4 nitrogen and oxygen atoms in total. The first kappa shape index (κ1) is 16.2. The minimum absolute atomic E-state index is 0.00525. The first-order valence-electron chi connectivity index (χ1n) is 7.63. The third-order valence-electron chi connectivity index (χ3n) is 3.95. The maximum atomic E-state index is 11.6. The van der Waals surface area contributed by atoms with Gasteiger partial charge in [-0.15, -0.1) is 0 Å². The highest BCUT2D eigenvalue weighted by Gasteiger charge is 2.31. The summed E-state index contributed by atoms with van der Waals surface area (Å²) < 4.78 is 0. The van der Waals surface area contributed by atoms with Crippen LogP contribution < -0.4 is 4.90 Å². The van der Waals surface area contributed by atoms with Crippen LogP contribution in [0.3, 0.4) is 0 Å². The molecule has 0 aliphatic heterocycles. The summed E-state index contributed by atoms with van der Waals surface area (Å²) >= 11 is 0. The summed E-state index contributed by atoms with van der Waals surface area (Å²) in [4.78, 5) is 35.9. The smallest absolute Gasteiger partial charge is 0.134 e. The summed E-state index contributed by atoms with van der Waals surface area (Å²) in [6, 6.07) is 18.3. The van der Waals surface area contributed by atoms with E-state index in [1.165, 1.54) is 6.08 Å². The Morgan fingerprint density at radius 2 is 1.28 bits per heavy atom. The van der Waals surface area contributed by atoms with Crippen LogP contribution in [0.5, 0.6) is 0 Å². The van der Waals surface area contributed by atoms with E-state index in [9.17, 15) is 14.4 Å². The molecule has 2 aromatic rings. The fourth-order valence-electron chi connectivity index (χ4n) is 2.83. The topological polar surface area (TPSA) is 54.5 Å². The van der Waals surface area contributed by atoms with E-state index in [0.717, 1.165) is 11.4 Å². The Labute approximate surface area is 144 Å². The molecule has 0 fully saturated rings. The third-order valence-corrected chi connectivity index (χ3v) is 3.95. The first-order valence-corrected chi connectivity index (χ1v) is 7.63. The van der Waals surface area contributed by atoms with E-state index in [-0.39, 0.29) is 16.7 Å². The molecule has 120 valence electrons. The van der Waals surface area contributed by atoms with Crippen molar-refractivity contribution in [3.05, 3.63) is 89.5 Å². The number of hydrogen-bond acceptors (Lipinski definition) is 4. The van der Waals surface area contributed by atoms with E-state index in [0.29, 0.717) is 0 Å². The monoisotopic (exact) mass is 327 g/mol. The molecule has 1 atom stereocenters. The van der Waals surface area contributed by atoms with Crippen LogP contribution >= 0.6 is 0 Å². The highest BCUT2D eigenvalue weighted by Crippen LogP contribution is 2.35. The molecule has 2 aromatic carbocycles. The van der Waals surface area contributed by atoms with Crippen molar-refractivity contribution in [2.45, 2.75) is 6.04 Å². The van der Waals surface area contributed by atoms with Gasteiger partial charge in [-0.1, -0.05) is 42.5 Å². The van der Waals surface area contributed by atoms with Crippen molar-refractivity contribution >= 4 is 29.2 Å². The standard InChI is InChI=1S/C21H13NO3/c23-13-16-11-12-21(20(15-25)19(16)14-24)22(17-7-3-1-4-8-17)18-9-5-2-6-10-18/h1-12,21H. The van der Waals surface area contributed by atoms with E-state index in [1.807, 2.05) is 71.5 Å². The minimum Gasteiger partial charge on any atom is -0.330 e. The SMILES string of the molecule is O=C=C1C=CC(N(c2ccccc2)c2ccccc2)C(=C=O)C1=C=O. The largest absolute Gasteiger partial charge is 0.330 e. The maximum absolute atomic E-state index is 11.6. The molecule has 3 rings (SSSR count). The molecular weight excluding hydrogens is 314 g/mol. The highest BCUT2D eigenvalue weighted by atomic mass is 16.1. The number of anilines is 2. The Kier molecular flexibility index (Phi) is 4.71. The lowest BCUT2D eigenvalue weighted by molar-refractivity contribution is 0.561. The molecule has 0 spiro atoms. The number of nitrogens with zero attached hydrogens (tertiary/aromatic N) is 1. The Hall–Kier alpha value is -3.67. The molecule has 0 N–H and O–H groups in total. The zero-order valence-corrected chi connectivity index (χ0v) is 13.2. The molecule has 0 heterocycles. The van der Waals surface area contributed by atoms with Crippen LogP contribution in [0, 0.1) is 0 Å². The zero-order valence-electron chi connectivity index (χ0n) is 13.2. The van der Waals surface area contributed by atoms with Gasteiger partial charge in [-0.2, -0.15) is 0 Å². The zero-order chi connectivity index (χ0) is 17.6. The van der Waals surface area contributed by atoms with Gasteiger partial charge in [0.2, 0.25) is 0 Å². The van der Waals surface area contributed by atoms with Crippen LogP contribution in [-0.4, -0.2) is 23.9 Å². The molecule has 0 amide bonds. The second-order valence-corrected chi connectivity index (χ2v) is 5.35.